The lowest BCUT2D eigenvalue weighted by atomic mass is 10.0. The van der Waals surface area contributed by atoms with E-state index in [1.165, 1.54) is 218 Å². The summed E-state index contributed by atoms with van der Waals surface area (Å²) in [4.78, 5) is 37.5. The molecule has 0 aromatic heterocycles. The van der Waals surface area contributed by atoms with Gasteiger partial charge in [-0.05, 0) is 77.0 Å². The molecular weight excluding hydrogens is 1010 g/mol. The highest BCUT2D eigenvalue weighted by atomic mass is 16.7. The van der Waals surface area contributed by atoms with Gasteiger partial charge in [-0.1, -0.05) is 293 Å². The molecule has 0 spiro atoms. The average molecular weight is 1140 g/mol. The minimum atomic E-state index is -1.51. The van der Waals surface area contributed by atoms with Crippen LogP contribution in [0.15, 0.2) is 60.8 Å². The summed E-state index contributed by atoms with van der Waals surface area (Å²) in [6.45, 7) is 4.79. The lowest BCUT2D eigenvalue weighted by molar-refractivity contribution is -0.870. The van der Waals surface area contributed by atoms with Gasteiger partial charge in [-0.3, -0.25) is 9.59 Å². The number of carboxylic acids is 1. The molecule has 0 amide bonds. The first-order valence-corrected chi connectivity index (χ1v) is 34.5. The molecule has 9 nitrogen and oxygen atoms in total. The van der Waals surface area contributed by atoms with Crippen LogP contribution in [0.3, 0.4) is 0 Å². The second-order valence-corrected chi connectivity index (χ2v) is 24.5. The molecule has 0 saturated heterocycles. The van der Waals surface area contributed by atoms with E-state index in [0.29, 0.717) is 17.4 Å². The van der Waals surface area contributed by atoms with Crippen molar-refractivity contribution in [2.45, 2.75) is 334 Å². The van der Waals surface area contributed by atoms with Gasteiger partial charge in [0.2, 0.25) is 0 Å². The van der Waals surface area contributed by atoms with Gasteiger partial charge in [-0.2, -0.15) is 0 Å². The first-order chi connectivity index (χ1) is 39.6. The van der Waals surface area contributed by atoms with Gasteiger partial charge in [-0.25, -0.2) is 4.79 Å². The van der Waals surface area contributed by atoms with Crippen molar-refractivity contribution >= 4 is 17.9 Å². The van der Waals surface area contributed by atoms with Crippen LogP contribution < -0.4 is 0 Å². The SMILES string of the molecule is CC/C=C\C/C=C\C/C=C\C/C=C\CCCCCCCCCCCCCCCCCCCCCCCCCCCCCCC(=O)OC(COC(=O)CCCCCCC/C=C\CCCCCCCC)COC(OCC[N+](C)(C)C)C(=O)O. The molecule has 2 unspecified atom stereocenters. The van der Waals surface area contributed by atoms with Gasteiger partial charge in [0.1, 0.15) is 13.2 Å². The van der Waals surface area contributed by atoms with Crippen molar-refractivity contribution in [1.29, 1.82) is 0 Å². The molecule has 0 fully saturated rings. The van der Waals surface area contributed by atoms with Crippen LogP contribution >= 0.6 is 0 Å². The molecule has 2 atom stereocenters. The number of allylic oxidation sites excluding steroid dienone is 10. The number of aliphatic carboxylic acids is 1. The lowest BCUT2D eigenvalue weighted by Gasteiger charge is -2.25. The Hall–Kier alpha value is -3.01. The van der Waals surface area contributed by atoms with Gasteiger partial charge in [0.05, 0.1) is 34.4 Å². The normalized spacial score (nSPS) is 13.0. The third kappa shape index (κ3) is 64.4. The molecule has 1 N–H and O–H groups in total. The highest BCUT2D eigenvalue weighted by molar-refractivity contribution is 5.71. The number of esters is 2. The third-order valence-corrected chi connectivity index (χ3v) is 15.3. The van der Waals surface area contributed by atoms with Crippen LogP contribution in [0.5, 0.6) is 0 Å². The maximum atomic E-state index is 12.9. The third-order valence-electron chi connectivity index (χ3n) is 15.3. The fourth-order valence-corrected chi connectivity index (χ4v) is 10.0. The predicted molar refractivity (Wildman–Crippen MR) is 346 cm³/mol. The van der Waals surface area contributed by atoms with Gasteiger partial charge in [0.25, 0.3) is 6.29 Å². The molecule has 0 bridgehead atoms. The number of hydrogen-bond donors (Lipinski definition) is 1. The van der Waals surface area contributed by atoms with Gasteiger partial charge >= 0.3 is 17.9 Å². The molecule has 9 heteroatoms. The Kier molecular flexibility index (Phi) is 60.7. The summed E-state index contributed by atoms with van der Waals surface area (Å²) in [7, 11) is 5.98. The van der Waals surface area contributed by atoms with E-state index >= 15 is 0 Å². The topological polar surface area (TPSA) is 108 Å². The van der Waals surface area contributed by atoms with E-state index in [0.717, 1.165) is 77.0 Å². The van der Waals surface area contributed by atoms with Crippen molar-refractivity contribution in [1.82, 2.24) is 0 Å². The maximum Gasteiger partial charge on any atom is 0.361 e. The van der Waals surface area contributed by atoms with Crippen LogP contribution in [0.1, 0.15) is 322 Å². The Morgan fingerprint density at radius 1 is 0.383 bits per heavy atom. The van der Waals surface area contributed by atoms with Crippen LogP contribution in [-0.2, 0) is 33.3 Å². The number of nitrogens with zero attached hydrogens (tertiary/aromatic N) is 1. The molecule has 0 aromatic carbocycles. The van der Waals surface area contributed by atoms with Gasteiger partial charge in [0.15, 0.2) is 6.10 Å². The maximum absolute atomic E-state index is 12.9. The largest absolute Gasteiger partial charge is 0.477 e. The summed E-state index contributed by atoms with van der Waals surface area (Å²) in [5.41, 5.74) is 0. The molecule has 0 aromatic rings. The van der Waals surface area contributed by atoms with E-state index < -0.39 is 24.3 Å². The first-order valence-electron chi connectivity index (χ1n) is 34.5. The number of ether oxygens (including phenoxy) is 4. The summed E-state index contributed by atoms with van der Waals surface area (Å²) in [6.07, 6.45) is 79.3. The number of rotatable bonds is 64. The Balaban J connectivity index is 3.91. The van der Waals surface area contributed by atoms with Gasteiger partial charge in [-0.15, -0.1) is 0 Å². The van der Waals surface area contributed by atoms with Crippen molar-refractivity contribution in [2.75, 3.05) is 47.5 Å². The molecule has 0 aliphatic rings. The van der Waals surface area contributed by atoms with E-state index in [1.807, 2.05) is 21.1 Å². The van der Waals surface area contributed by atoms with Crippen LogP contribution in [-0.4, -0.2) is 87.4 Å². The van der Waals surface area contributed by atoms with Crippen molar-refractivity contribution < 1.29 is 42.9 Å². The summed E-state index contributed by atoms with van der Waals surface area (Å²) in [5, 5.41) is 9.72. The molecular formula is C72H132NO8+. The van der Waals surface area contributed by atoms with E-state index in [4.69, 9.17) is 18.9 Å². The fraction of sp³-hybridized carbons (Fsp3) is 0.819. The quantitative estimate of drug-likeness (QED) is 0.0211. The van der Waals surface area contributed by atoms with Crippen molar-refractivity contribution in [3.05, 3.63) is 60.8 Å². The molecule has 0 heterocycles. The average Bonchev–Trinajstić information content (AvgIpc) is 3.44. The van der Waals surface area contributed by atoms with Gasteiger partial charge < -0.3 is 28.5 Å². The Bertz CT molecular complexity index is 1510. The fourth-order valence-electron chi connectivity index (χ4n) is 10.0. The van der Waals surface area contributed by atoms with E-state index in [-0.39, 0.29) is 32.2 Å². The smallest absolute Gasteiger partial charge is 0.361 e. The predicted octanol–water partition coefficient (Wildman–Crippen LogP) is 21.1. The lowest BCUT2D eigenvalue weighted by Crippen LogP contribution is -2.40. The zero-order valence-corrected chi connectivity index (χ0v) is 53.9. The number of quaternary nitrogens is 1. The monoisotopic (exact) mass is 1140 g/mol. The van der Waals surface area contributed by atoms with Crippen molar-refractivity contribution in [2.24, 2.45) is 0 Å². The number of unbranched alkanes of at least 4 members (excludes halogenated alkanes) is 39. The molecule has 0 radical (unpaired) electrons. The Morgan fingerprint density at radius 2 is 0.704 bits per heavy atom. The van der Waals surface area contributed by atoms with Crippen LogP contribution in [0.2, 0.25) is 0 Å². The Labute approximate surface area is 501 Å². The zero-order valence-electron chi connectivity index (χ0n) is 53.9. The highest BCUT2D eigenvalue weighted by Crippen LogP contribution is 2.18. The van der Waals surface area contributed by atoms with Crippen molar-refractivity contribution in [3.8, 4) is 0 Å². The zero-order chi connectivity index (χ0) is 59.1. The number of likely N-dealkylation sites (N-methyl/N-ethyl adjacent to an activating group) is 1. The van der Waals surface area contributed by atoms with E-state index in [1.54, 1.807) is 0 Å². The number of carbonyl (C=O) groups excluding carboxylic acids is 2. The number of carboxylic acid groups (broad SMARTS) is 1. The number of hydrogen-bond acceptors (Lipinski definition) is 7. The number of carbonyl (C=O) groups is 3. The molecule has 0 aliphatic carbocycles. The summed E-state index contributed by atoms with van der Waals surface area (Å²) in [6, 6.07) is 0. The Morgan fingerprint density at radius 3 is 1.06 bits per heavy atom. The molecule has 0 rings (SSSR count). The van der Waals surface area contributed by atoms with E-state index in [9.17, 15) is 19.5 Å². The first kappa shape index (κ1) is 78.0. The van der Waals surface area contributed by atoms with Gasteiger partial charge in [0, 0.05) is 12.8 Å². The second-order valence-electron chi connectivity index (χ2n) is 24.5. The molecule has 0 aliphatic heterocycles. The molecule has 0 saturated carbocycles. The second kappa shape index (κ2) is 63.0. The molecule has 81 heavy (non-hydrogen) atoms. The standard InChI is InChI=1S/C72H131NO8/c1-6-8-10-12-14-16-18-20-22-23-24-25-26-27-28-29-30-31-32-33-34-35-36-37-38-39-40-41-42-43-44-45-46-47-49-51-53-55-57-59-61-63-70(75)81-68(67-80-72(71(76)77)78-65-64-73(3,4)5)66-79-69(74)62-60-58-56-54-52-50-48-21-19-17-15-13-11-9-7-2/h8,10,14,16,20-22,24-25,48,68,72H,6-7,9,11-13,15,17-19,23,26-47,49-67H2,1-5H3/p+1/b10-8-,16-14-,22-20-,25-24-,48-21-. The van der Waals surface area contributed by atoms with Crippen LogP contribution in [0, 0.1) is 0 Å². The van der Waals surface area contributed by atoms with Crippen LogP contribution in [0.25, 0.3) is 0 Å². The summed E-state index contributed by atoms with van der Waals surface area (Å²) in [5.74, 6) is -2.00. The highest BCUT2D eigenvalue weighted by Gasteiger charge is 2.25. The van der Waals surface area contributed by atoms with Crippen molar-refractivity contribution in [3.63, 3.8) is 0 Å². The van der Waals surface area contributed by atoms with E-state index in [2.05, 4.69) is 74.6 Å². The van der Waals surface area contributed by atoms with Crippen LogP contribution in [0.4, 0.5) is 0 Å². The summed E-state index contributed by atoms with van der Waals surface area (Å²) < 4.78 is 22.9. The minimum Gasteiger partial charge on any atom is -0.477 e. The summed E-state index contributed by atoms with van der Waals surface area (Å²) >= 11 is 0. The molecule has 472 valence electrons. The minimum absolute atomic E-state index is 0.182.